The van der Waals surface area contributed by atoms with Gasteiger partial charge in [-0.1, -0.05) is 41.9 Å². The standard InChI is InChI=1S/C17H17ClN2S/c18-15-9-7-13(8-10-15)12-19-17(21)20-11-3-5-14-4-1-2-6-16(14)20/h1-2,4,6-10H,3,5,11-12H2,(H,19,21). The molecule has 0 fully saturated rings. The number of rotatable bonds is 2. The van der Waals surface area contributed by atoms with E-state index in [1.807, 2.05) is 24.3 Å². The number of thiocarbonyl (C=S) groups is 1. The third kappa shape index (κ3) is 3.36. The lowest BCUT2D eigenvalue weighted by Crippen LogP contribution is -2.42. The highest BCUT2D eigenvalue weighted by Gasteiger charge is 2.19. The molecular formula is C17H17ClN2S. The van der Waals surface area contributed by atoms with Gasteiger partial charge in [-0.2, -0.15) is 0 Å². The average molecular weight is 317 g/mol. The van der Waals surface area contributed by atoms with Crippen molar-refractivity contribution < 1.29 is 0 Å². The van der Waals surface area contributed by atoms with E-state index in [1.165, 1.54) is 16.8 Å². The summed E-state index contributed by atoms with van der Waals surface area (Å²) in [5.41, 5.74) is 3.78. The molecule has 0 aliphatic carbocycles. The van der Waals surface area contributed by atoms with Gasteiger partial charge in [0.1, 0.15) is 0 Å². The van der Waals surface area contributed by atoms with Gasteiger partial charge in [0, 0.05) is 23.8 Å². The Labute approximate surface area is 135 Å². The predicted octanol–water partition coefficient (Wildman–Crippen LogP) is 4.17. The summed E-state index contributed by atoms with van der Waals surface area (Å²) in [6.07, 6.45) is 2.27. The number of hydrogen-bond acceptors (Lipinski definition) is 1. The topological polar surface area (TPSA) is 15.3 Å². The van der Waals surface area contributed by atoms with Crippen molar-refractivity contribution in [3.63, 3.8) is 0 Å². The molecule has 0 aromatic heterocycles. The number of benzene rings is 2. The predicted molar refractivity (Wildman–Crippen MR) is 93.0 cm³/mol. The lowest BCUT2D eigenvalue weighted by molar-refractivity contribution is 0.763. The Hall–Kier alpha value is -1.58. The summed E-state index contributed by atoms with van der Waals surface area (Å²) in [4.78, 5) is 2.20. The summed E-state index contributed by atoms with van der Waals surface area (Å²) in [7, 11) is 0. The minimum atomic E-state index is 0.717. The zero-order valence-electron chi connectivity index (χ0n) is 11.7. The monoisotopic (exact) mass is 316 g/mol. The molecule has 21 heavy (non-hydrogen) atoms. The van der Waals surface area contributed by atoms with Crippen molar-refractivity contribution in [2.45, 2.75) is 19.4 Å². The second-order valence-corrected chi connectivity index (χ2v) is 5.99. The van der Waals surface area contributed by atoms with E-state index in [4.69, 9.17) is 23.8 Å². The number of fused-ring (bicyclic) bond motifs is 1. The van der Waals surface area contributed by atoms with Gasteiger partial charge in [-0.15, -0.1) is 0 Å². The Morgan fingerprint density at radius 3 is 2.71 bits per heavy atom. The molecule has 0 unspecified atom stereocenters. The first-order chi connectivity index (χ1) is 10.2. The Kier molecular flexibility index (Phi) is 4.42. The number of aryl methyl sites for hydroxylation is 1. The smallest absolute Gasteiger partial charge is 0.173 e. The maximum Gasteiger partial charge on any atom is 0.173 e. The van der Waals surface area contributed by atoms with Crippen molar-refractivity contribution >= 4 is 34.6 Å². The molecule has 3 rings (SSSR count). The fraction of sp³-hybridized carbons (Fsp3) is 0.235. The van der Waals surface area contributed by atoms with Crippen LogP contribution >= 0.6 is 23.8 Å². The molecule has 1 aliphatic heterocycles. The van der Waals surface area contributed by atoms with Crippen LogP contribution in [0.5, 0.6) is 0 Å². The summed E-state index contributed by atoms with van der Waals surface area (Å²) in [6.45, 7) is 1.69. The van der Waals surface area contributed by atoms with E-state index in [9.17, 15) is 0 Å². The summed E-state index contributed by atoms with van der Waals surface area (Å²) >= 11 is 11.5. The lowest BCUT2D eigenvalue weighted by Gasteiger charge is -2.31. The molecule has 0 bridgehead atoms. The van der Waals surface area contributed by atoms with Gasteiger partial charge in [-0.25, -0.2) is 0 Å². The summed E-state index contributed by atoms with van der Waals surface area (Å²) in [5.74, 6) is 0. The number of nitrogens with one attached hydrogen (secondary N) is 1. The molecule has 108 valence electrons. The highest BCUT2D eigenvalue weighted by molar-refractivity contribution is 7.80. The fourth-order valence-corrected chi connectivity index (χ4v) is 3.01. The molecule has 0 saturated carbocycles. The van der Waals surface area contributed by atoms with Crippen LogP contribution in [0.2, 0.25) is 5.02 Å². The van der Waals surface area contributed by atoms with Crippen LogP contribution < -0.4 is 10.2 Å². The van der Waals surface area contributed by atoms with Crippen molar-refractivity contribution in [3.8, 4) is 0 Å². The van der Waals surface area contributed by atoms with Crippen molar-refractivity contribution in [1.29, 1.82) is 0 Å². The highest BCUT2D eigenvalue weighted by atomic mass is 35.5. The van der Waals surface area contributed by atoms with Gasteiger partial charge < -0.3 is 10.2 Å². The van der Waals surface area contributed by atoms with Crippen molar-refractivity contribution in [3.05, 3.63) is 64.7 Å². The quantitative estimate of drug-likeness (QED) is 0.837. The number of para-hydroxylation sites is 1. The molecule has 4 heteroatoms. The zero-order valence-corrected chi connectivity index (χ0v) is 13.3. The van der Waals surface area contributed by atoms with Crippen LogP contribution in [-0.4, -0.2) is 11.7 Å². The van der Waals surface area contributed by atoms with Crippen LogP contribution in [-0.2, 0) is 13.0 Å². The lowest BCUT2D eigenvalue weighted by atomic mass is 10.0. The van der Waals surface area contributed by atoms with Crippen LogP contribution in [0.3, 0.4) is 0 Å². The largest absolute Gasteiger partial charge is 0.358 e. The van der Waals surface area contributed by atoms with Gasteiger partial charge in [-0.3, -0.25) is 0 Å². The van der Waals surface area contributed by atoms with E-state index in [0.717, 1.165) is 29.5 Å². The number of nitrogens with zero attached hydrogens (tertiary/aromatic N) is 1. The molecule has 0 atom stereocenters. The Bertz CT molecular complexity index is 639. The molecular weight excluding hydrogens is 300 g/mol. The second-order valence-electron chi connectivity index (χ2n) is 5.17. The first-order valence-corrected chi connectivity index (χ1v) is 7.90. The van der Waals surface area contributed by atoms with E-state index in [2.05, 4.69) is 34.5 Å². The van der Waals surface area contributed by atoms with Crippen molar-refractivity contribution in [2.24, 2.45) is 0 Å². The molecule has 1 aliphatic rings. The molecule has 0 radical (unpaired) electrons. The van der Waals surface area contributed by atoms with E-state index in [-0.39, 0.29) is 0 Å². The van der Waals surface area contributed by atoms with Crippen molar-refractivity contribution in [2.75, 3.05) is 11.4 Å². The zero-order chi connectivity index (χ0) is 14.7. The molecule has 2 aromatic rings. The Balaban J connectivity index is 1.68. The molecule has 0 amide bonds. The minimum Gasteiger partial charge on any atom is -0.358 e. The van der Waals surface area contributed by atoms with Crippen molar-refractivity contribution in [1.82, 2.24) is 5.32 Å². The van der Waals surface area contributed by atoms with Crippen LogP contribution in [0.25, 0.3) is 0 Å². The maximum absolute atomic E-state index is 5.90. The number of anilines is 1. The van der Waals surface area contributed by atoms with Gasteiger partial charge in [0.25, 0.3) is 0 Å². The van der Waals surface area contributed by atoms with Gasteiger partial charge in [0.2, 0.25) is 0 Å². The summed E-state index contributed by atoms with van der Waals surface area (Å²) in [5, 5.41) is 4.89. The van der Waals surface area contributed by atoms with E-state index in [0.29, 0.717) is 6.54 Å². The molecule has 1 heterocycles. The molecule has 0 spiro atoms. The number of hydrogen-bond donors (Lipinski definition) is 1. The summed E-state index contributed by atoms with van der Waals surface area (Å²) in [6, 6.07) is 16.3. The maximum atomic E-state index is 5.90. The van der Waals surface area contributed by atoms with Gasteiger partial charge >= 0.3 is 0 Å². The highest BCUT2D eigenvalue weighted by Crippen LogP contribution is 2.26. The first-order valence-electron chi connectivity index (χ1n) is 7.12. The Morgan fingerprint density at radius 2 is 1.90 bits per heavy atom. The van der Waals surface area contributed by atoms with Crippen LogP contribution in [0.1, 0.15) is 17.5 Å². The van der Waals surface area contributed by atoms with Gasteiger partial charge in [0.15, 0.2) is 5.11 Å². The van der Waals surface area contributed by atoms with Crippen LogP contribution in [0.4, 0.5) is 5.69 Å². The molecule has 0 saturated heterocycles. The Morgan fingerprint density at radius 1 is 1.14 bits per heavy atom. The summed E-state index contributed by atoms with van der Waals surface area (Å²) < 4.78 is 0. The third-order valence-corrected chi connectivity index (χ3v) is 4.33. The van der Waals surface area contributed by atoms with Crippen LogP contribution in [0.15, 0.2) is 48.5 Å². The van der Waals surface area contributed by atoms with E-state index >= 15 is 0 Å². The van der Waals surface area contributed by atoms with Crippen LogP contribution in [0, 0.1) is 0 Å². The van der Waals surface area contributed by atoms with Gasteiger partial charge in [-0.05, 0) is 54.4 Å². The van der Waals surface area contributed by atoms with Gasteiger partial charge in [0.05, 0.1) is 0 Å². The van der Waals surface area contributed by atoms with E-state index in [1.54, 1.807) is 0 Å². The molecule has 2 aromatic carbocycles. The first kappa shape index (κ1) is 14.4. The molecule has 2 nitrogen and oxygen atoms in total. The third-order valence-electron chi connectivity index (χ3n) is 3.71. The molecule has 1 N–H and O–H groups in total. The van der Waals surface area contributed by atoms with E-state index < -0.39 is 0 Å². The second kappa shape index (κ2) is 6.46. The minimum absolute atomic E-state index is 0.717. The fourth-order valence-electron chi connectivity index (χ4n) is 2.62. The normalized spacial score (nSPS) is 13.7. The SMILES string of the molecule is S=C(NCc1ccc(Cl)cc1)N1CCCc2ccccc21. The number of halogens is 1. The average Bonchev–Trinajstić information content (AvgIpc) is 2.53.